The predicted octanol–water partition coefficient (Wildman–Crippen LogP) is 2.06. The Morgan fingerprint density at radius 2 is 2.14 bits per heavy atom. The highest BCUT2D eigenvalue weighted by molar-refractivity contribution is 5.85. The third-order valence-corrected chi connectivity index (χ3v) is 2.30. The summed E-state index contributed by atoms with van der Waals surface area (Å²) in [6.45, 7) is 8.73. The van der Waals surface area contributed by atoms with Gasteiger partial charge in [0.05, 0.1) is 6.42 Å². The fourth-order valence-corrected chi connectivity index (χ4v) is 1.20. The first-order valence-electron chi connectivity index (χ1n) is 4.98. The molecule has 3 nitrogen and oxygen atoms in total. The van der Waals surface area contributed by atoms with Crippen LogP contribution in [-0.4, -0.2) is 15.3 Å². The van der Waals surface area contributed by atoms with Crippen molar-refractivity contribution in [3.63, 3.8) is 0 Å². The molecule has 14 heavy (non-hydrogen) atoms. The summed E-state index contributed by atoms with van der Waals surface area (Å²) >= 11 is 0. The molecule has 0 bridgehead atoms. The number of hydrogen-bond donors (Lipinski definition) is 0. The molecule has 0 spiro atoms. The standard InChI is InChI=1S/C11H18N2O/c1-5-13-7-6-12-10(13)8-9(14)11(2,3)4/h6-7H,5,8H2,1-4H3. The Kier molecular flexibility index (Phi) is 3.09. The number of Topliss-reactive ketones (excluding diaryl/α,β-unsaturated/α-hetero) is 1. The van der Waals surface area contributed by atoms with Crippen molar-refractivity contribution in [2.75, 3.05) is 0 Å². The number of nitrogens with zero attached hydrogens (tertiary/aromatic N) is 2. The molecule has 0 amide bonds. The van der Waals surface area contributed by atoms with E-state index in [1.807, 2.05) is 38.5 Å². The molecular weight excluding hydrogens is 176 g/mol. The van der Waals surface area contributed by atoms with E-state index in [0.29, 0.717) is 6.42 Å². The number of aryl methyl sites for hydroxylation is 1. The number of carbonyl (C=O) groups is 1. The summed E-state index contributed by atoms with van der Waals surface area (Å²) < 4.78 is 2.00. The molecule has 0 aliphatic rings. The van der Waals surface area contributed by atoms with E-state index in [0.717, 1.165) is 12.4 Å². The van der Waals surface area contributed by atoms with E-state index in [4.69, 9.17) is 0 Å². The van der Waals surface area contributed by atoms with Gasteiger partial charge >= 0.3 is 0 Å². The van der Waals surface area contributed by atoms with Gasteiger partial charge in [0.1, 0.15) is 11.6 Å². The normalized spacial score (nSPS) is 11.7. The first-order chi connectivity index (χ1) is 6.45. The largest absolute Gasteiger partial charge is 0.335 e. The molecule has 0 aliphatic heterocycles. The van der Waals surface area contributed by atoms with Crippen LogP contribution in [0.15, 0.2) is 12.4 Å². The zero-order valence-corrected chi connectivity index (χ0v) is 9.37. The Hall–Kier alpha value is -1.12. The number of imidazole rings is 1. The van der Waals surface area contributed by atoms with E-state index in [2.05, 4.69) is 4.98 Å². The van der Waals surface area contributed by atoms with Gasteiger partial charge < -0.3 is 4.57 Å². The van der Waals surface area contributed by atoms with Gasteiger partial charge in [0.25, 0.3) is 0 Å². The molecule has 0 aromatic carbocycles. The third kappa shape index (κ3) is 2.44. The topological polar surface area (TPSA) is 34.9 Å². The summed E-state index contributed by atoms with van der Waals surface area (Å²) in [7, 11) is 0. The van der Waals surface area contributed by atoms with Gasteiger partial charge in [-0.1, -0.05) is 20.8 Å². The molecule has 0 aliphatic carbocycles. The second-order valence-electron chi connectivity index (χ2n) is 4.48. The first-order valence-corrected chi connectivity index (χ1v) is 4.98. The molecule has 0 saturated heterocycles. The average Bonchev–Trinajstić information content (AvgIpc) is 2.50. The van der Waals surface area contributed by atoms with Gasteiger partial charge in [-0.15, -0.1) is 0 Å². The number of aromatic nitrogens is 2. The molecule has 0 unspecified atom stereocenters. The van der Waals surface area contributed by atoms with Crippen molar-refractivity contribution in [3.8, 4) is 0 Å². The van der Waals surface area contributed by atoms with Crippen LogP contribution in [0.25, 0.3) is 0 Å². The average molecular weight is 194 g/mol. The van der Waals surface area contributed by atoms with Crippen molar-refractivity contribution >= 4 is 5.78 Å². The van der Waals surface area contributed by atoms with Crippen LogP contribution >= 0.6 is 0 Å². The Morgan fingerprint density at radius 1 is 1.50 bits per heavy atom. The van der Waals surface area contributed by atoms with Crippen LogP contribution in [0.2, 0.25) is 0 Å². The summed E-state index contributed by atoms with van der Waals surface area (Å²) in [6.07, 6.45) is 4.09. The summed E-state index contributed by atoms with van der Waals surface area (Å²) in [5.74, 6) is 1.10. The highest BCUT2D eigenvalue weighted by Gasteiger charge is 2.22. The van der Waals surface area contributed by atoms with Gasteiger partial charge in [-0.2, -0.15) is 0 Å². The van der Waals surface area contributed by atoms with Crippen molar-refractivity contribution in [1.29, 1.82) is 0 Å². The molecule has 1 rings (SSSR count). The van der Waals surface area contributed by atoms with E-state index in [1.54, 1.807) is 6.20 Å². The van der Waals surface area contributed by atoms with Gasteiger partial charge in [-0.25, -0.2) is 4.98 Å². The first kappa shape index (κ1) is 11.0. The second kappa shape index (κ2) is 3.95. The molecule has 0 atom stereocenters. The monoisotopic (exact) mass is 194 g/mol. The van der Waals surface area contributed by atoms with Crippen molar-refractivity contribution < 1.29 is 4.79 Å². The van der Waals surface area contributed by atoms with Crippen LogP contribution in [0.1, 0.15) is 33.5 Å². The predicted molar refractivity (Wildman–Crippen MR) is 56.1 cm³/mol. The summed E-state index contributed by atoms with van der Waals surface area (Å²) in [4.78, 5) is 15.9. The van der Waals surface area contributed by atoms with Gasteiger partial charge in [-0.05, 0) is 6.92 Å². The second-order valence-corrected chi connectivity index (χ2v) is 4.48. The van der Waals surface area contributed by atoms with E-state index in [1.165, 1.54) is 0 Å². The van der Waals surface area contributed by atoms with E-state index >= 15 is 0 Å². The lowest BCUT2D eigenvalue weighted by molar-refractivity contribution is -0.125. The van der Waals surface area contributed by atoms with Gasteiger partial charge in [0, 0.05) is 24.4 Å². The van der Waals surface area contributed by atoms with Crippen molar-refractivity contribution in [2.45, 2.75) is 40.7 Å². The lowest BCUT2D eigenvalue weighted by Crippen LogP contribution is -2.23. The fourth-order valence-electron chi connectivity index (χ4n) is 1.20. The van der Waals surface area contributed by atoms with Gasteiger partial charge in [0.15, 0.2) is 0 Å². The third-order valence-electron chi connectivity index (χ3n) is 2.30. The smallest absolute Gasteiger partial charge is 0.145 e. The molecule has 78 valence electrons. The fraction of sp³-hybridized carbons (Fsp3) is 0.636. The molecule has 3 heteroatoms. The van der Waals surface area contributed by atoms with Crippen LogP contribution < -0.4 is 0 Å². The lowest BCUT2D eigenvalue weighted by atomic mass is 9.89. The zero-order valence-electron chi connectivity index (χ0n) is 9.37. The minimum atomic E-state index is -0.273. The number of carbonyl (C=O) groups excluding carboxylic acids is 1. The maximum atomic E-state index is 11.7. The summed E-state index contributed by atoms with van der Waals surface area (Å²) in [5, 5.41) is 0. The molecule has 1 heterocycles. The van der Waals surface area contributed by atoms with Crippen LogP contribution in [-0.2, 0) is 17.8 Å². The maximum Gasteiger partial charge on any atom is 0.145 e. The Bertz CT molecular complexity index is 320. The Labute approximate surface area is 85.2 Å². The molecule has 1 aromatic rings. The summed E-state index contributed by atoms with van der Waals surface area (Å²) in [6, 6.07) is 0. The lowest BCUT2D eigenvalue weighted by Gasteiger charge is -2.16. The minimum absolute atomic E-state index is 0.235. The highest BCUT2D eigenvalue weighted by Crippen LogP contribution is 2.17. The van der Waals surface area contributed by atoms with E-state index < -0.39 is 0 Å². The van der Waals surface area contributed by atoms with Crippen LogP contribution in [0, 0.1) is 5.41 Å². The van der Waals surface area contributed by atoms with E-state index in [9.17, 15) is 4.79 Å². The van der Waals surface area contributed by atoms with Crippen molar-refractivity contribution in [3.05, 3.63) is 18.2 Å². The molecule has 0 radical (unpaired) electrons. The molecule has 1 aromatic heterocycles. The SMILES string of the molecule is CCn1ccnc1CC(=O)C(C)(C)C. The number of hydrogen-bond acceptors (Lipinski definition) is 2. The van der Waals surface area contributed by atoms with Crippen molar-refractivity contribution in [2.24, 2.45) is 5.41 Å². The number of ketones is 1. The van der Waals surface area contributed by atoms with Gasteiger partial charge in [0.2, 0.25) is 0 Å². The van der Waals surface area contributed by atoms with Crippen LogP contribution in [0.4, 0.5) is 0 Å². The quantitative estimate of drug-likeness (QED) is 0.738. The molecule has 0 saturated carbocycles. The van der Waals surface area contributed by atoms with E-state index in [-0.39, 0.29) is 11.2 Å². The Morgan fingerprint density at radius 3 is 2.64 bits per heavy atom. The maximum absolute atomic E-state index is 11.7. The van der Waals surface area contributed by atoms with Gasteiger partial charge in [-0.3, -0.25) is 4.79 Å². The molecule has 0 N–H and O–H groups in total. The van der Waals surface area contributed by atoms with Crippen LogP contribution in [0.3, 0.4) is 0 Å². The zero-order chi connectivity index (χ0) is 10.8. The van der Waals surface area contributed by atoms with Crippen molar-refractivity contribution in [1.82, 2.24) is 9.55 Å². The molecular formula is C11H18N2O. The number of rotatable bonds is 3. The Balaban J connectivity index is 2.74. The van der Waals surface area contributed by atoms with Crippen LogP contribution in [0.5, 0.6) is 0 Å². The highest BCUT2D eigenvalue weighted by atomic mass is 16.1. The molecule has 0 fully saturated rings. The summed E-state index contributed by atoms with van der Waals surface area (Å²) in [5.41, 5.74) is -0.273. The minimum Gasteiger partial charge on any atom is -0.335 e.